The van der Waals surface area contributed by atoms with Gasteiger partial charge in [-0.15, -0.1) is 0 Å². The number of pyridine rings is 1. The van der Waals surface area contributed by atoms with E-state index >= 15 is 0 Å². The van der Waals surface area contributed by atoms with Gasteiger partial charge in [-0.1, -0.05) is 6.07 Å². The molecule has 0 radical (unpaired) electrons. The van der Waals surface area contributed by atoms with Crippen LogP contribution >= 0.6 is 0 Å². The maximum atomic E-state index is 13.1. The minimum absolute atomic E-state index is 0.0643. The molecular weight excluding hydrogens is 209 g/mol. The second-order valence-electron chi connectivity index (χ2n) is 3.24. The van der Waals surface area contributed by atoms with Crippen LogP contribution in [0.3, 0.4) is 0 Å². The third-order valence-corrected chi connectivity index (χ3v) is 2.18. The van der Waals surface area contributed by atoms with Crippen molar-refractivity contribution in [2.75, 3.05) is 0 Å². The summed E-state index contributed by atoms with van der Waals surface area (Å²) >= 11 is 0. The Kier molecular flexibility index (Phi) is 2.64. The van der Waals surface area contributed by atoms with Crippen molar-refractivity contribution in [3.63, 3.8) is 0 Å². The zero-order chi connectivity index (χ0) is 11.5. The predicted molar refractivity (Wildman–Crippen MR) is 56.6 cm³/mol. The number of aromatic nitrogens is 1. The molecule has 0 saturated carbocycles. The van der Waals surface area contributed by atoms with Gasteiger partial charge >= 0.3 is 5.97 Å². The quantitative estimate of drug-likeness (QED) is 0.841. The molecule has 1 aromatic heterocycles. The van der Waals surface area contributed by atoms with E-state index in [1.807, 2.05) is 0 Å². The van der Waals surface area contributed by atoms with Crippen LogP contribution in [0.4, 0.5) is 4.39 Å². The number of carbonyl (C=O) groups is 1. The fourth-order valence-electron chi connectivity index (χ4n) is 1.46. The Hall–Kier alpha value is -2.23. The maximum absolute atomic E-state index is 13.1. The first kappa shape index (κ1) is 10.3. The molecule has 0 saturated heterocycles. The van der Waals surface area contributed by atoms with Crippen LogP contribution < -0.4 is 0 Å². The fraction of sp³-hybridized carbons (Fsp3) is 0. The second kappa shape index (κ2) is 4.10. The van der Waals surface area contributed by atoms with Gasteiger partial charge in [0.15, 0.2) is 0 Å². The van der Waals surface area contributed by atoms with Gasteiger partial charge in [0.05, 0.1) is 5.56 Å². The van der Waals surface area contributed by atoms with Crippen molar-refractivity contribution in [1.82, 2.24) is 4.98 Å². The molecule has 0 fully saturated rings. The highest BCUT2D eigenvalue weighted by Crippen LogP contribution is 2.23. The van der Waals surface area contributed by atoms with E-state index in [2.05, 4.69) is 4.98 Å². The van der Waals surface area contributed by atoms with Crippen molar-refractivity contribution in [2.24, 2.45) is 0 Å². The van der Waals surface area contributed by atoms with Gasteiger partial charge in [-0.05, 0) is 24.3 Å². The standard InChI is InChI=1S/C12H8FNO2/c13-9-3-4-10(12(15)16)11(6-9)8-2-1-5-14-7-8/h1-7H,(H,15,16). The van der Waals surface area contributed by atoms with Crippen LogP contribution in [0, 0.1) is 5.82 Å². The summed E-state index contributed by atoms with van der Waals surface area (Å²) < 4.78 is 13.1. The first-order valence-electron chi connectivity index (χ1n) is 4.62. The number of nitrogens with zero attached hydrogens (tertiary/aromatic N) is 1. The normalized spacial score (nSPS) is 10.1. The van der Waals surface area contributed by atoms with Crippen LogP contribution in [0.25, 0.3) is 11.1 Å². The first-order valence-corrected chi connectivity index (χ1v) is 4.62. The number of rotatable bonds is 2. The van der Waals surface area contributed by atoms with Crippen molar-refractivity contribution >= 4 is 5.97 Å². The lowest BCUT2D eigenvalue weighted by molar-refractivity contribution is 0.0697. The van der Waals surface area contributed by atoms with Crippen LogP contribution in [-0.2, 0) is 0 Å². The molecule has 1 aromatic carbocycles. The first-order chi connectivity index (χ1) is 7.68. The summed E-state index contributed by atoms with van der Waals surface area (Å²) in [6.45, 7) is 0. The number of halogens is 1. The SMILES string of the molecule is O=C(O)c1ccc(F)cc1-c1cccnc1. The van der Waals surface area contributed by atoms with E-state index in [4.69, 9.17) is 5.11 Å². The van der Waals surface area contributed by atoms with Crippen LogP contribution in [-0.4, -0.2) is 16.1 Å². The molecule has 0 spiro atoms. The molecule has 16 heavy (non-hydrogen) atoms. The monoisotopic (exact) mass is 217 g/mol. The van der Waals surface area contributed by atoms with Crippen LogP contribution in [0.2, 0.25) is 0 Å². The van der Waals surface area contributed by atoms with Gasteiger partial charge in [0.25, 0.3) is 0 Å². The van der Waals surface area contributed by atoms with Crippen molar-refractivity contribution in [3.8, 4) is 11.1 Å². The lowest BCUT2D eigenvalue weighted by Gasteiger charge is -2.05. The van der Waals surface area contributed by atoms with E-state index in [0.29, 0.717) is 11.1 Å². The highest BCUT2D eigenvalue weighted by Gasteiger charge is 2.12. The Balaban J connectivity index is 2.63. The van der Waals surface area contributed by atoms with E-state index in [1.165, 1.54) is 18.3 Å². The van der Waals surface area contributed by atoms with Crippen molar-refractivity contribution in [1.29, 1.82) is 0 Å². The summed E-state index contributed by atoms with van der Waals surface area (Å²) in [6.07, 6.45) is 3.07. The van der Waals surface area contributed by atoms with E-state index in [-0.39, 0.29) is 5.56 Å². The molecule has 80 valence electrons. The summed E-state index contributed by atoms with van der Waals surface area (Å²) in [5.41, 5.74) is 0.981. The molecule has 4 heteroatoms. The molecule has 0 atom stereocenters. The summed E-state index contributed by atoms with van der Waals surface area (Å²) in [7, 11) is 0. The lowest BCUT2D eigenvalue weighted by Crippen LogP contribution is -2.00. The van der Waals surface area contributed by atoms with Crippen molar-refractivity contribution in [3.05, 3.63) is 54.1 Å². The average Bonchev–Trinajstić information content (AvgIpc) is 2.29. The number of aromatic carboxylic acids is 1. The van der Waals surface area contributed by atoms with Gasteiger partial charge in [-0.2, -0.15) is 0 Å². The zero-order valence-electron chi connectivity index (χ0n) is 8.22. The second-order valence-corrected chi connectivity index (χ2v) is 3.24. The molecule has 0 aliphatic rings. The topological polar surface area (TPSA) is 50.2 Å². The van der Waals surface area contributed by atoms with Gasteiger partial charge in [0, 0.05) is 23.5 Å². The van der Waals surface area contributed by atoms with Gasteiger partial charge in [-0.3, -0.25) is 4.98 Å². The molecular formula is C12H8FNO2. The molecule has 0 unspecified atom stereocenters. The zero-order valence-corrected chi connectivity index (χ0v) is 8.22. The third kappa shape index (κ3) is 1.91. The Morgan fingerprint density at radius 3 is 2.75 bits per heavy atom. The van der Waals surface area contributed by atoms with E-state index in [0.717, 1.165) is 6.07 Å². The lowest BCUT2D eigenvalue weighted by atomic mass is 10.0. The van der Waals surface area contributed by atoms with E-state index in [1.54, 1.807) is 18.3 Å². The average molecular weight is 217 g/mol. The molecule has 1 N–H and O–H groups in total. The predicted octanol–water partition coefficient (Wildman–Crippen LogP) is 2.59. The summed E-state index contributed by atoms with van der Waals surface area (Å²) in [5.74, 6) is -1.55. The van der Waals surface area contributed by atoms with Crippen LogP contribution in [0.15, 0.2) is 42.7 Å². The van der Waals surface area contributed by atoms with E-state index in [9.17, 15) is 9.18 Å². The van der Waals surface area contributed by atoms with Crippen LogP contribution in [0.5, 0.6) is 0 Å². The molecule has 0 amide bonds. The Morgan fingerprint density at radius 1 is 1.31 bits per heavy atom. The summed E-state index contributed by atoms with van der Waals surface area (Å²) in [4.78, 5) is 14.8. The van der Waals surface area contributed by atoms with Gasteiger partial charge in [-0.25, -0.2) is 9.18 Å². The van der Waals surface area contributed by atoms with Crippen LogP contribution in [0.1, 0.15) is 10.4 Å². The Morgan fingerprint density at radius 2 is 2.12 bits per heavy atom. The van der Waals surface area contributed by atoms with Gasteiger partial charge < -0.3 is 5.11 Å². The maximum Gasteiger partial charge on any atom is 0.336 e. The Bertz CT molecular complexity index is 526. The molecule has 2 rings (SSSR count). The fourth-order valence-corrected chi connectivity index (χ4v) is 1.46. The molecule has 1 heterocycles. The largest absolute Gasteiger partial charge is 0.478 e. The minimum Gasteiger partial charge on any atom is -0.478 e. The molecule has 0 aliphatic heterocycles. The highest BCUT2D eigenvalue weighted by molar-refractivity contribution is 5.95. The highest BCUT2D eigenvalue weighted by atomic mass is 19.1. The van der Waals surface area contributed by atoms with Crippen molar-refractivity contribution in [2.45, 2.75) is 0 Å². The summed E-state index contributed by atoms with van der Waals surface area (Å²) in [6, 6.07) is 6.93. The van der Waals surface area contributed by atoms with Gasteiger partial charge in [0.2, 0.25) is 0 Å². The Labute approximate surface area is 91.2 Å². The third-order valence-electron chi connectivity index (χ3n) is 2.18. The van der Waals surface area contributed by atoms with Gasteiger partial charge in [0.1, 0.15) is 5.82 Å². The number of benzene rings is 1. The number of hydrogen-bond donors (Lipinski definition) is 1. The summed E-state index contributed by atoms with van der Waals surface area (Å²) in [5, 5.41) is 8.98. The molecule has 0 bridgehead atoms. The number of carboxylic acids is 1. The number of hydrogen-bond acceptors (Lipinski definition) is 2. The minimum atomic E-state index is -1.08. The number of carboxylic acid groups (broad SMARTS) is 1. The smallest absolute Gasteiger partial charge is 0.336 e. The molecule has 2 aromatic rings. The molecule has 0 aliphatic carbocycles. The van der Waals surface area contributed by atoms with Crippen molar-refractivity contribution < 1.29 is 14.3 Å². The van der Waals surface area contributed by atoms with E-state index < -0.39 is 11.8 Å². The molecule has 3 nitrogen and oxygen atoms in total.